The molecule has 3 fully saturated rings. The average molecular weight is 330 g/mol. The van der Waals surface area contributed by atoms with Gasteiger partial charge in [-0.15, -0.1) is 0 Å². The van der Waals surface area contributed by atoms with E-state index in [-0.39, 0.29) is 11.3 Å². The highest BCUT2D eigenvalue weighted by Gasteiger charge is 2.59. The van der Waals surface area contributed by atoms with E-state index in [1.165, 1.54) is 19.3 Å². The summed E-state index contributed by atoms with van der Waals surface area (Å²) in [6.45, 7) is 2.86. The third kappa shape index (κ3) is 2.69. The predicted molar refractivity (Wildman–Crippen MR) is 93.7 cm³/mol. The van der Waals surface area contributed by atoms with E-state index in [1.54, 1.807) is 0 Å². The van der Waals surface area contributed by atoms with Crippen LogP contribution < -0.4 is 5.32 Å². The van der Waals surface area contributed by atoms with Crippen molar-refractivity contribution in [1.29, 1.82) is 0 Å². The maximum atomic E-state index is 12.7. The Labute approximate surface area is 144 Å². The number of amides is 1. The summed E-state index contributed by atoms with van der Waals surface area (Å²) in [5.41, 5.74) is 0.272. The molecule has 1 amide bonds. The van der Waals surface area contributed by atoms with E-state index in [0.717, 1.165) is 38.7 Å². The molecule has 0 bridgehead atoms. The van der Waals surface area contributed by atoms with Gasteiger partial charge in [0.15, 0.2) is 0 Å². The second kappa shape index (κ2) is 6.55. The average Bonchev–Trinajstić information content (AvgIpc) is 3.06. The third-order valence-corrected chi connectivity index (χ3v) is 6.87. The summed E-state index contributed by atoms with van der Waals surface area (Å²) in [5.74, 6) is 0.507. The minimum atomic E-state index is 0.208. The van der Waals surface area contributed by atoms with Gasteiger partial charge in [0.05, 0.1) is 6.10 Å². The van der Waals surface area contributed by atoms with Crippen molar-refractivity contribution >= 4 is 5.91 Å². The Hall–Kier alpha value is -1.29. The maximum Gasteiger partial charge on any atom is 0.223 e. The monoisotopic (exact) mass is 330 g/mol. The van der Waals surface area contributed by atoms with Crippen LogP contribution in [0.3, 0.4) is 0 Å². The molecule has 3 aliphatic carbocycles. The van der Waals surface area contributed by atoms with E-state index in [0.29, 0.717) is 24.1 Å². The first-order valence-electron chi connectivity index (χ1n) is 9.77. The van der Waals surface area contributed by atoms with Gasteiger partial charge in [0.25, 0.3) is 0 Å². The molecular formula is C20H30N2O2. The highest BCUT2D eigenvalue weighted by molar-refractivity contribution is 5.79. The molecule has 1 N–H and O–H groups in total. The van der Waals surface area contributed by atoms with Crippen LogP contribution in [-0.4, -0.2) is 29.2 Å². The number of carbonyl (C=O) groups is 1. The summed E-state index contributed by atoms with van der Waals surface area (Å²) in [4.78, 5) is 12.7. The number of ether oxygens (including phenoxy) is 1. The number of aromatic nitrogens is 1. The molecule has 0 saturated heterocycles. The Morgan fingerprint density at radius 1 is 1.21 bits per heavy atom. The molecule has 132 valence electrons. The van der Waals surface area contributed by atoms with Gasteiger partial charge in [-0.25, -0.2) is 0 Å². The number of rotatable bonds is 5. The fourth-order valence-electron chi connectivity index (χ4n) is 5.16. The van der Waals surface area contributed by atoms with E-state index in [9.17, 15) is 4.79 Å². The highest BCUT2D eigenvalue weighted by atomic mass is 16.5. The Bertz CT molecular complexity index is 556. The van der Waals surface area contributed by atoms with Crippen LogP contribution in [0.25, 0.3) is 0 Å². The van der Waals surface area contributed by atoms with Gasteiger partial charge >= 0.3 is 0 Å². The lowest BCUT2D eigenvalue weighted by molar-refractivity contribution is -0.177. The predicted octanol–water partition coefficient (Wildman–Crippen LogP) is 3.68. The van der Waals surface area contributed by atoms with Crippen molar-refractivity contribution in [2.45, 2.75) is 76.5 Å². The summed E-state index contributed by atoms with van der Waals surface area (Å²) >= 11 is 0. The summed E-state index contributed by atoms with van der Waals surface area (Å²) in [5, 5.41) is 3.39. The molecule has 4 rings (SSSR count). The summed E-state index contributed by atoms with van der Waals surface area (Å²) < 4.78 is 8.20. The number of nitrogens with zero attached hydrogens (tertiary/aromatic N) is 1. The Balaban J connectivity index is 1.28. The molecule has 3 saturated carbocycles. The van der Waals surface area contributed by atoms with Gasteiger partial charge in [-0.1, -0.05) is 6.42 Å². The van der Waals surface area contributed by atoms with Crippen LogP contribution in [0.1, 0.15) is 64.3 Å². The second-order valence-corrected chi connectivity index (χ2v) is 7.96. The molecule has 0 radical (unpaired) electrons. The highest BCUT2D eigenvalue weighted by Crippen LogP contribution is 2.57. The standard InChI is InChI=1S/C20H30N2O2/c1-2-24-18-14-17(20(18)10-5-11-20)21-19(23)15-6-8-16(9-7-15)22-12-3-4-13-22/h3-4,12-13,15-18H,2,5-11,14H2,1H3,(H,21,23)/t15?,16?,17-,18+/m0/s1. The van der Waals surface area contributed by atoms with Gasteiger partial charge in [0.1, 0.15) is 0 Å². The minimum absolute atomic E-state index is 0.208. The lowest BCUT2D eigenvalue weighted by Gasteiger charge is -2.61. The van der Waals surface area contributed by atoms with E-state index >= 15 is 0 Å². The topological polar surface area (TPSA) is 43.3 Å². The SMILES string of the molecule is CCO[C@@H]1C[C@H](NC(=O)C2CCC(n3cccc3)CC2)C12CCC2. The maximum absolute atomic E-state index is 12.7. The molecule has 1 heterocycles. The van der Waals surface area contributed by atoms with Crippen LogP contribution in [0.5, 0.6) is 0 Å². The van der Waals surface area contributed by atoms with Gasteiger partial charge in [-0.3, -0.25) is 4.79 Å². The smallest absolute Gasteiger partial charge is 0.223 e. The number of carbonyl (C=O) groups excluding carboxylic acids is 1. The van der Waals surface area contributed by atoms with Crippen molar-refractivity contribution in [3.8, 4) is 0 Å². The zero-order valence-corrected chi connectivity index (χ0v) is 14.7. The van der Waals surface area contributed by atoms with Crippen molar-refractivity contribution < 1.29 is 9.53 Å². The lowest BCUT2D eigenvalue weighted by atomic mass is 9.51. The first-order chi connectivity index (χ1) is 11.7. The molecule has 2 atom stereocenters. The molecule has 0 unspecified atom stereocenters. The third-order valence-electron chi connectivity index (χ3n) is 6.87. The van der Waals surface area contributed by atoms with Crippen molar-refractivity contribution in [3.05, 3.63) is 24.5 Å². The normalized spacial score (nSPS) is 34.4. The molecule has 24 heavy (non-hydrogen) atoms. The van der Waals surface area contributed by atoms with Crippen LogP contribution in [0.4, 0.5) is 0 Å². The Morgan fingerprint density at radius 3 is 2.50 bits per heavy atom. The molecule has 0 aromatic carbocycles. The van der Waals surface area contributed by atoms with Crippen LogP contribution in [0.2, 0.25) is 0 Å². The van der Waals surface area contributed by atoms with E-state index in [2.05, 4.69) is 41.3 Å². The molecule has 4 nitrogen and oxygen atoms in total. The molecule has 1 aromatic heterocycles. The van der Waals surface area contributed by atoms with Gasteiger partial charge in [0, 0.05) is 42.4 Å². The molecule has 0 aliphatic heterocycles. The number of hydrogen-bond donors (Lipinski definition) is 1. The van der Waals surface area contributed by atoms with Crippen molar-refractivity contribution in [2.75, 3.05) is 6.61 Å². The van der Waals surface area contributed by atoms with E-state index in [1.807, 2.05) is 0 Å². The fourth-order valence-corrected chi connectivity index (χ4v) is 5.16. The molecule has 3 aliphatic rings. The fraction of sp³-hybridized carbons (Fsp3) is 0.750. The summed E-state index contributed by atoms with van der Waals surface area (Å²) in [6, 6.07) is 5.11. The van der Waals surface area contributed by atoms with Gasteiger partial charge in [-0.05, 0) is 64.0 Å². The first kappa shape index (κ1) is 16.2. The molecular weight excluding hydrogens is 300 g/mol. The first-order valence-corrected chi connectivity index (χ1v) is 9.77. The number of nitrogens with one attached hydrogen (secondary N) is 1. The quantitative estimate of drug-likeness (QED) is 0.895. The largest absolute Gasteiger partial charge is 0.378 e. The molecule has 1 aromatic rings. The van der Waals surface area contributed by atoms with Crippen LogP contribution >= 0.6 is 0 Å². The van der Waals surface area contributed by atoms with Crippen LogP contribution in [0, 0.1) is 11.3 Å². The van der Waals surface area contributed by atoms with E-state index in [4.69, 9.17) is 4.74 Å². The van der Waals surface area contributed by atoms with Crippen LogP contribution in [0.15, 0.2) is 24.5 Å². The molecule has 4 heteroatoms. The van der Waals surface area contributed by atoms with Gasteiger partial charge in [-0.2, -0.15) is 0 Å². The van der Waals surface area contributed by atoms with Crippen molar-refractivity contribution in [1.82, 2.24) is 9.88 Å². The van der Waals surface area contributed by atoms with Gasteiger partial charge in [0.2, 0.25) is 5.91 Å². The second-order valence-electron chi connectivity index (χ2n) is 7.96. The summed E-state index contributed by atoms with van der Waals surface area (Å²) in [6.07, 6.45) is 13.7. The van der Waals surface area contributed by atoms with Gasteiger partial charge < -0.3 is 14.6 Å². The van der Waals surface area contributed by atoms with Crippen molar-refractivity contribution in [2.24, 2.45) is 11.3 Å². The van der Waals surface area contributed by atoms with E-state index < -0.39 is 0 Å². The zero-order chi connectivity index (χ0) is 16.6. The minimum Gasteiger partial charge on any atom is -0.378 e. The zero-order valence-electron chi connectivity index (χ0n) is 14.7. The van der Waals surface area contributed by atoms with Crippen molar-refractivity contribution in [3.63, 3.8) is 0 Å². The Kier molecular flexibility index (Phi) is 4.42. The molecule has 1 spiro atoms. The lowest BCUT2D eigenvalue weighted by Crippen LogP contribution is -2.68. The van der Waals surface area contributed by atoms with Crippen LogP contribution in [-0.2, 0) is 9.53 Å². The number of hydrogen-bond acceptors (Lipinski definition) is 2. The summed E-state index contributed by atoms with van der Waals surface area (Å²) in [7, 11) is 0. The Morgan fingerprint density at radius 2 is 1.92 bits per heavy atom.